The molecule has 2 aliphatic heterocycles. The summed E-state index contributed by atoms with van der Waals surface area (Å²) in [5, 5.41) is 1.03. The molecule has 0 N–H and O–H groups in total. The summed E-state index contributed by atoms with van der Waals surface area (Å²) in [6, 6.07) is 0.247. The average molecular weight is 305 g/mol. The summed E-state index contributed by atoms with van der Waals surface area (Å²) < 4.78 is 57.7. The number of carbonyl (C=O) groups is 2. The van der Waals surface area contributed by atoms with Gasteiger partial charge in [0.25, 0.3) is 0 Å². The maximum Gasteiger partial charge on any atom is 0.436 e. The second kappa shape index (κ2) is 4.69. The minimum Gasteiger partial charge on any atom is -0.434 e. The van der Waals surface area contributed by atoms with Gasteiger partial charge in [-0.1, -0.05) is 5.06 Å². The Morgan fingerprint density at radius 2 is 1.81 bits per heavy atom. The maximum absolute atomic E-state index is 13.5. The normalized spacial score (nSPS) is 25.0. The number of rotatable bonds is 2. The van der Waals surface area contributed by atoms with Crippen LogP contribution in [0.3, 0.4) is 0 Å². The van der Waals surface area contributed by atoms with Gasteiger partial charge in [0.15, 0.2) is 23.7 Å². The van der Waals surface area contributed by atoms with Crippen molar-refractivity contribution < 1.29 is 36.7 Å². The topological polar surface area (TPSA) is 55.8 Å². The SMILES string of the molecule is O=C1OC2C(Cc3c(F)cc(F)c(F)c3F)CN2OC1=O. The van der Waals surface area contributed by atoms with Crippen LogP contribution in [0, 0.1) is 29.2 Å². The van der Waals surface area contributed by atoms with Crippen LogP contribution in [0.2, 0.25) is 0 Å². The first kappa shape index (κ1) is 13.8. The summed E-state index contributed by atoms with van der Waals surface area (Å²) in [5.74, 6) is -9.25. The fraction of sp³-hybridized carbons (Fsp3) is 0.333. The summed E-state index contributed by atoms with van der Waals surface area (Å²) in [5.41, 5.74) is -0.647. The number of carbonyl (C=O) groups excluding carboxylic acids is 2. The standard InChI is InChI=1S/C12H7F4NO4/c13-6-2-7(14)9(16)8(15)5(6)1-4-3-17-10(4)20-11(18)12(19)21-17/h2,4,10H,1,3H2. The molecule has 2 aliphatic rings. The molecule has 9 heteroatoms. The van der Waals surface area contributed by atoms with Crippen molar-refractivity contribution in [3.8, 4) is 0 Å². The quantitative estimate of drug-likeness (QED) is 0.269. The Kier molecular flexibility index (Phi) is 3.08. The highest BCUT2D eigenvalue weighted by Gasteiger charge is 2.50. The molecule has 2 fully saturated rings. The van der Waals surface area contributed by atoms with Gasteiger partial charge in [0.05, 0.1) is 0 Å². The summed E-state index contributed by atoms with van der Waals surface area (Å²) >= 11 is 0. The molecule has 0 amide bonds. The smallest absolute Gasteiger partial charge is 0.434 e. The summed E-state index contributed by atoms with van der Waals surface area (Å²) in [6.45, 7) is 0.0571. The van der Waals surface area contributed by atoms with Crippen molar-refractivity contribution in [2.24, 2.45) is 5.92 Å². The molecule has 1 aromatic rings. The molecule has 2 heterocycles. The van der Waals surface area contributed by atoms with Gasteiger partial charge in [0, 0.05) is 24.1 Å². The second-order valence-corrected chi connectivity index (χ2v) is 4.69. The molecular formula is C12H7F4NO4. The molecule has 0 aliphatic carbocycles. The predicted molar refractivity (Wildman–Crippen MR) is 56.1 cm³/mol. The zero-order valence-electron chi connectivity index (χ0n) is 10.2. The number of hydrogen-bond donors (Lipinski definition) is 0. The minimum atomic E-state index is -1.77. The molecule has 112 valence electrons. The number of nitrogens with zero attached hydrogens (tertiary/aromatic N) is 1. The zero-order chi connectivity index (χ0) is 15.3. The highest BCUT2D eigenvalue weighted by atomic mass is 19.2. The number of benzene rings is 1. The van der Waals surface area contributed by atoms with Crippen LogP contribution >= 0.6 is 0 Å². The molecule has 0 bridgehead atoms. The Hall–Kier alpha value is -2.16. The van der Waals surface area contributed by atoms with Crippen molar-refractivity contribution in [2.45, 2.75) is 12.6 Å². The van der Waals surface area contributed by atoms with Gasteiger partial charge in [0.1, 0.15) is 5.82 Å². The number of hydrogen-bond acceptors (Lipinski definition) is 5. The van der Waals surface area contributed by atoms with E-state index >= 15 is 0 Å². The van der Waals surface area contributed by atoms with Crippen LogP contribution in [-0.4, -0.2) is 29.8 Å². The van der Waals surface area contributed by atoms with E-state index in [1.165, 1.54) is 0 Å². The molecule has 21 heavy (non-hydrogen) atoms. The van der Waals surface area contributed by atoms with E-state index in [0.717, 1.165) is 5.06 Å². The van der Waals surface area contributed by atoms with Crippen LogP contribution in [0.1, 0.15) is 5.56 Å². The number of halogens is 4. The lowest BCUT2D eigenvalue weighted by molar-refractivity contribution is -0.322. The van der Waals surface area contributed by atoms with Gasteiger partial charge < -0.3 is 9.57 Å². The van der Waals surface area contributed by atoms with Crippen molar-refractivity contribution in [2.75, 3.05) is 6.54 Å². The van der Waals surface area contributed by atoms with Crippen molar-refractivity contribution in [1.82, 2.24) is 5.06 Å². The first-order valence-corrected chi connectivity index (χ1v) is 5.90. The molecule has 0 spiro atoms. The van der Waals surface area contributed by atoms with Gasteiger partial charge in [-0.05, 0) is 6.42 Å². The van der Waals surface area contributed by atoms with Crippen LogP contribution in [0.4, 0.5) is 17.6 Å². The summed E-state index contributed by atoms with van der Waals surface area (Å²) in [7, 11) is 0. The van der Waals surface area contributed by atoms with Crippen LogP contribution in [0.25, 0.3) is 0 Å². The Morgan fingerprint density at radius 3 is 2.52 bits per heavy atom. The van der Waals surface area contributed by atoms with Gasteiger partial charge in [-0.3, -0.25) is 0 Å². The largest absolute Gasteiger partial charge is 0.436 e. The number of esters is 1. The minimum absolute atomic E-state index is 0.0571. The maximum atomic E-state index is 13.5. The fourth-order valence-electron chi connectivity index (χ4n) is 2.29. The van der Waals surface area contributed by atoms with E-state index in [1.54, 1.807) is 0 Å². The number of ether oxygens (including phenoxy) is 1. The molecule has 2 saturated heterocycles. The lowest BCUT2D eigenvalue weighted by atomic mass is 9.90. The third-order valence-electron chi connectivity index (χ3n) is 3.37. The molecule has 3 rings (SSSR count). The Balaban J connectivity index is 1.79. The van der Waals surface area contributed by atoms with Crippen LogP contribution < -0.4 is 0 Å². The van der Waals surface area contributed by atoms with Crippen LogP contribution in [0.15, 0.2) is 6.07 Å². The van der Waals surface area contributed by atoms with E-state index in [1.807, 2.05) is 0 Å². The predicted octanol–water partition coefficient (Wildman–Crippen LogP) is 1.06. The van der Waals surface area contributed by atoms with Crippen LogP contribution in [0.5, 0.6) is 0 Å². The van der Waals surface area contributed by atoms with Crippen molar-refractivity contribution in [3.05, 3.63) is 34.9 Å². The molecule has 2 atom stereocenters. The average Bonchev–Trinajstić information content (AvgIpc) is 2.42. The summed E-state index contributed by atoms with van der Waals surface area (Å²) in [6.07, 6.45) is -1.32. The zero-order valence-corrected chi connectivity index (χ0v) is 10.2. The molecule has 0 saturated carbocycles. The Morgan fingerprint density at radius 1 is 1.10 bits per heavy atom. The van der Waals surface area contributed by atoms with Gasteiger partial charge in [-0.15, -0.1) is 0 Å². The van der Waals surface area contributed by atoms with Gasteiger partial charge in [-0.2, -0.15) is 0 Å². The van der Waals surface area contributed by atoms with Gasteiger partial charge in [-0.25, -0.2) is 27.2 Å². The van der Waals surface area contributed by atoms with E-state index in [4.69, 9.17) is 4.74 Å². The van der Waals surface area contributed by atoms with Crippen molar-refractivity contribution >= 4 is 11.9 Å². The van der Waals surface area contributed by atoms with Gasteiger partial charge >= 0.3 is 11.9 Å². The molecule has 2 unspecified atom stereocenters. The van der Waals surface area contributed by atoms with E-state index in [0.29, 0.717) is 0 Å². The highest BCUT2D eigenvalue weighted by molar-refractivity contribution is 6.30. The lowest BCUT2D eigenvalue weighted by Gasteiger charge is -2.46. The van der Waals surface area contributed by atoms with E-state index in [-0.39, 0.29) is 19.0 Å². The fourth-order valence-corrected chi connectivity index (χ4v) is 2.29. The molecule has 5 nitrogen and oxygen atoms in total. The second-order valence-electron chi connectivity index (χ2n) is 4.69. The van der Waals surface area contributed by atoms with E-state index in [2.05, 4.69) is 4.84 Å². The van der Waals surface area contributed by atoms with E-state index in [9.17, 15) is 27.2 Å². The Labute approximate surface area is 115 Å². The Bertz CT molecular complexity index is 651. The van der Waals surface area contributed by atoms with Gasteiger partial charge in [0.2, 0.25) is 0 Å². The highest BCUT2D eigenvalue weighted by Crippen LogP contribution is 2.34. The molecule has 0 aromatic heterocycles. The lowest BCUT2D eigenvalue weighted by Crippen LogP contribution is -2.63. The molecular weight excluding hydrogens is 298 g/mol. The summed E-state index contributed by atoms with van der Waals surface area (Å²) in [4.78, 5) is 26.5. The number of fused-ring (bicyclic) bond motifs is 1. The third kappa shape index (κ3) is 2.13. The third-order valence-corrected chi connectivity index (χ3v) is 3.37. The number of hydroxylamine groups is 2. The first-order chi connectivity index (χ1) is 9.88. The van der Waals surface area contributed by atoms with Crippen molar-refractivity contribution in [3.63, 3.8) is 0 Å². The monoisotopic (exact) mass is 305 g/mol. The first-order valence-electron chi connectivity index (χ1n) is 5.90. The van der Waals surface area contributed by atoms with Crippen molar-refractivity contribution in [1.29, 1.82) is 0 Å². The van der Waals surface area contributed by atoms with Crippen LogP contribution in [-0.2, 0) is 25.6 Å². The molecule has 0 radical (unpaired) electrons. The van der Waals surface area contributed by atoms with E-state index < -0.39 is 52.9 Å². The molecule has 1 aromatic carbocycles.